The summed E-state index contributed by atoms with van der Waals surface area (Å²) in [6.45, 7) is 1.79. The van der Waals surface area contributed by atoms with E-state index in [0.29, 0.717) is 5.95 Å². The third-order valence-corrected chi connectivity index (χ3v) is 2.36. The first-order chi connectivity index (χ1) is 7.09. The van der Waals surface area contributed by atoms with E-state index in [1.807, 2.05) is 0 Å². The molecule has 7 heteroatoms. The predicted molar refractivity (Wildman–Crippen MR) is 49.2 cm³/mol. The van der Waals surface area contributed by atoms with E-state index < -0.39 is 11.9 Å². The Balaban J connectivity index is 2.35. The molecule has 1 unspecified atom stereocenters. The highest BCUT2D eigenvalue weighted by atomic mass is 16.4. The molecule has 0 radical (unpaired) electrons. The number of nitrogens with zero attached hydrogens (tertiary/aromatic N) is 4. The first-order valence-electron chi connectivity index (χ1n) is 4.48. The summed E-state index contributed by atoms with van der Waals surface area (Å²) in [6.07, 6.45) is 1.31. The molecule has 1 amide bonds. The molecule has 0 spiro atoms. The van der Waals surface area contributed by atoms with Crippen molar-refractivity contribution < 1.29 is 14.7 Å². The Hall–Kier alpha value is -1.92. The first-order valence-corrected chi connectivity index (χ1v) is 4.48. The van der Waals surface area contributed by atoms with Crippen molar-refractivity contribution >= 4 is 17.8 Å². The summed E-state index contributed by atoms with van der Waals surface area (Å²) >= 11 is 0. The molecule has 0 bridgehead atoms. The Labute approximate surface area is 85.3 Å². The Morgan fingerprint density at radius 1 is 1.53 bits per heavy atom. The highest BCUT2D eigenvalue weighted by Crippen LogP contribution is 2.20. The van der Waals surface area contributed by atoms with Gasteiger partial charge in [-0.2, -0.15) is 10.1 Å². The number of rotatable bonds is 1. The van der Waals surface area contributed by atoms with Gasteiger partial charge in [-0.05, 0) is 0 Å². The topological polar surface area (TPSA) is 88.3 Å². The molecule has 0 saturated heterocycles. The van der Waals surface area contributed by atoms with E-state index >= 15 is 0 Å². The third kappa shape index (κ3) is 1.56. The van der Waals surface area contributed by atoms with Crippen molar-refractivity contribution in [2.24, 2.45) is 5.92 Å². The van der Waals surface area contributed by atoms with Gasteiger partial charge < -0.3 is 5.11 Å². The van der Waals surface area contributed by atoms with Crippen LogP contribution < -0.4 is 4.90 Å². The first kappa shape index (κ1) is 9.63. The Morgan fingerprint density at radius 2 is 2.27 bits per heavy atom. The Bertz CT molecular complexity index is 414. The standard InChI is InChI=1S/C8H10N4O3/c1-5(13)11-2-6(7(14)15)3-12-8(11)9-4-10-12/h4,6H,2-3H2,1H3,(H,14,15). The number of aliphatic carboxylic acids is 1. The summed E-state index contributed by atoms with van der Waals surface area (Å²) in [4.78, 5) is 27.4. The van der Waals surface area contributed by atoms with Crippen molar-refractivity contribution in [3.05, 3.63) is 6.33 Å². The zero-order chi connectivity index (χ0) is 11.0. The predicted octanol–water partition coefficient (Wildman–Crippen LogP) is -0.655. The normalized spacial score (nSPS) is 19.8. The molecule has 0 aliphatic carbocycles. The van der Waals surface area contributed by atoms with Crippen molar-refractivity contribution in [1.82, 2.24) is 14.8 Å². The molecule has 2 rings (SSSR count). The molecule has 1 aliphatic heterocycles. The fraction of sp³-hybridized carbons (Fsp3) is 0.500. The van der Waals surface area contributed by atoms with E-state index in [9.17, 15) is 9.59 Å². The number of carboxylic acids is 1. The molecule has 80 valence electrons. The number of anilines is 1. The van der Waals surface area contributed by atoms with Crippen molar-refractivity contribution in [3.63, 3.8) is 0 Å². The van der Waals surface area contributed by atoms with Crippen LogP contribution in [-0.2, 0) is 16.1 Å². The number of hydrogen-bond donors (Lipinski definition) is 1. The summed E-state index contributed by atoms with van der Waals surface area (Å²) in [7, 11) is 0. The van der Waals surface area contributed by atoms with Gasteiger partial charge in [-0.1, -0.05) is 0 Å². The quantitative estimate of drug-likeness (QED) is 0.665. The maximum Gasteiger partial charge on any atom is 0.310 e. The third-order valence-electron chi connectivity index (χ3n) is 2.36. The number of fused-ring (bicyclic) bond motifs is 1. The molecular formula is C8H10N4O3. The van der Waals surface area contributed by atoms with Gasteiger partial charge in [0, 0.05) is 13.5 Å². The summed E-state index contributed by atoms with van der Waals surface area (Å²) in [5, 5.41) is 12.8. The Morgan fingerprint density at radius 3 is 2.87 bits per heavy atom. The molecule has 1 aliphatic rings. The van der Waals surface area contributed by atoms with Gasteiger partial charge in [-0.15, -0.1) is 0 Å². The van der Waals surface area contributed by atoms with Crippen LogP contribution in [0.2, 0.25) is 0 Å². The molecule has 1 aromatic rings. The number of aromatic nitrogens is 3. The van der Waals surface area contributed by atoms with Crippen LogP contribution in [0.3, 0.4) is 0 Å². The second-order valence-electron chi connectivity index (χ2n) is 3.41. The number of carboxylic acid groups (broad SMARTS) is 1. The lowest BCUT2D eigenvalue weighted by molar-refractivity contribution is -0.142. The van der Waals surface area contributed by atoms with Crippen molar-refractivity contribution in [2.75, 3.05) is 11.4 Å². The van der Waals surface area contributed by atoms with Crippen molar-refractivity contribution in [3.8, 4) is 0 Å². The molecule has 0 saturated carbocycles. The van der Waals surface area contributed by atoms with Crippen LogP contribution in [-0.4, -0.2) is 38.3 Å². The van der Waals surface area contributed by atoms with Gasteiger partial charge in [-0.3, -0.25) is 14.5 Å². The summed E-state index contributed by atoms with van der Waals surface area (Å²) in [5.74, 6) is -1.36. The van der Waals surface area contributed by atoms with Crippen molar-refractivity contribution in [1.29, 1.82) is 0 Å². The zero-order valence-corrected chi connectivity index (χ0v) is 8.12. The highest BCUT2D eigenvalue weighted by Gasteiger charge is 2.32. The molecule has 7 nitrogen and oxygen atoms in total. The van der Waals surface area contributed by atoms with Crippen molar-refractivity contribution in [2.45, 2.75) is 13.5 Å². The lowest BCUT2D eigenvalue weighted by Crippen LogP contribution is -2.44. The number of hydrogen-bond acceptors (Lipinski definition) is 4. The number of carbonyl (C=O) groups excluding carboxylic acids is 1. The van der Waals surface area contributed by atoms with Crippen LogP contribution in [0.5, 0.6) is 0 Å². The second kappa shape index (κ2) is 3.34. The number of carbonyl (C=O) groups is 2. The lowest BCUT2D eigenvalue weighted by atomic mass is 10.1. The fourth-order valence-electron chi connectivity index (χ4n) is 1.59. The molecule has 2 heterocycles. The van der Waals surface area contributed by atoms with Crippen LogP contribution >= 0.6 is 0 Å². The monoisotopic (exact) mass is 210 g/mol. The SMILES string of the molecule is CC(=O)N1CC(C(=O)O)Cn2ncnc21. The smallest absolute Gasteiger partial charge is 0.310 e. The fourth-order valence-corrected chi connectivity index (χ4v) is 1.59. The average molecular weight is 210 g/mol. The maximum absolute atomic E-state index is 11.3. The van der Waals surface area contributed by atoms with Crippen LogP contribution in [0.25, 0.3) is 0 Å². The highest BCUT2D eigenvalue weighted by molar-refractivity contribution is 5.90. The van der Waals surface area contributed by atoms with Gasteiger partial charge in [0.1, 0.15) is 6.33 Å². The molecule has 1 N–H and O–H groups in total. The zero-order valence-electron chi connectivity index (χ0n) is 8.12. The van der Waals surface area contributed by atoms with E-state index in [-0.39, 0.29) is 19.0 Å². The minimum atomic E-state index is -0.928. The summed E-state index contributed by atoms with van der Waals surface area (Å²) in [6, 6.07) is 0. The Kier molecular flexibility index (Phi) is 2.14. The summed E-state index contributed by atoms with van der Waals surface area (Å²) < 4.78 is 1.43. The molecule has 0 fully saturated rings. The largest absolute Gasteiger partial charge is 0.481 e. The van der Waals surface area contributed by atoms with E-state index in [1.165, 1.54) is 22.8 Å². The molecular weight excluding hydrogens is 200 g/mol. The van der Waals surface area contributed by atoms with Gasteiger partial charge in [0.25, 0.3) is 0 Å². The molecule has 0 aromatic carbocycles. The average Bonchev–Trinajstić information content (AvgIpc) is 2.62. The van der Waals surface area contributed by atoms with Gasteiger partial charge in [0.15, 0.2) is 0 Å². The minimum Gasteiger partial charge on any atom is -0.481 e. The minimum absolute atomic E-state index is 0.156. The van der Waals surface area contributed by atoms with E-state index in [2.05, 4.69) is 10.1 Å². The molecule has 1 aromatic heterocycles. The molecule has 15 heavy (non-hydrogen) atoms. The lowest BCUT2D eigenvalue weighted by Gasteiger charge is -2.28. The van der Waals surface area contributed by atoms with E-state index in [1.54, 1.807) is 0 Å². The van der Waals surface area contributed by atoms with Gasteiger partial charge in [0.2, 0.25) is 11.9 Å². The van der Waals surface area contributed by atoms with Crippen LogP contribution in [0.4, 0.5) is 5.95 Å². The number of amides is 1. The van der Waals surface area contributed by atoms with Gasteiger partial charge in [-0.25, -0.2) is 4.68 Å². The second-order valence-corrected chi connectivity index (χ2v) is 3.41. The maximum atomic E-state index is 11.3. The van der Waals surface area contributed by atoms with E-state index in [0.717, 1.165) is 0 Å². The summed E-state index contributed by atoms with van der Waals surface area (Å²) in [5.41, 5.74) is 0. The van der Waals surface area contributed by atoms with Gasteiger partial charge >= 0.3 is 5.97 Å². The van der Waals surface area contributed by atoms with Crippen LogP contribution in [0.1, 0.15) is 6.92 Å². The van der Waals surface area contributed by atoms with Gasteiger partial charge in [0.05, 0.1) is 12.5 Å². The van der Waals surface area contributed by atoms with E-state index in [4.69, 9.17) is 5.11 Å². The van der Waals surface area contributed by atoms with Crippen LogP contribution in [0, 0.1) is 5.92 Å². The van der Waals surface area contributed by atoms with Crippen LogP contribution in [0.15, 0.2) is 6.33 Å². The molecule has 1 atom stereocenters.